The number of esters is 3. The molecule has 0 aliphatic rings. The molecule has 0 spiro atoms. The molecule has 0 rings (SSSR count). The fourth-order valence-corrected chi connectivity index (χ4v) is 9.06. The van der Waals surface area contributed by atoms with Crippen molar-refractivity contribution in [3.05, 3.63) is 72.9 Å². The second kappa shape index (κ2) is 61.4. The van der Waals surface area contributed by atoms with Crippen LogP contribution >= 0.6 is 0 Å². The van der Waals surface area contributed by atoms with Gasteiger partial charge in [-0.05, 0) is 57.8 Å². The molecule has 0 aromatic carbocycles. The lowest BCUT2D eigenvalue weighted by Gasteiger charge is -2.18. The topological polar surface area (TPSA) is 78.9 Å². The van der Waals surface area contributed by atoms with Crippen molar-refractivity contribution in [1.29, 1.82) is 0 Å². The van der Waals surface area contributed by atoms with Crippen LogP contribution in [0.3, 0.4) is 0 Å². The van der Waals surface area contributed by atoms with Crippen molar-refractivity contribution >= 4 is 17.9 Å². The van der Waals surface area contributed by atoms with Crippen LogP contribution < -0.4 is 0 Å². The number of unbranched alkanes of at least 4 members (excludes halogenated alkanes) is 34. The number of carbonyl (C=O) groups is 3. The zero-order valence-electron chi connectivity index (χ0n) is 48.4. The summed E-state index contributed by atoms with van der Waals surface area (Å²) in [5.41, 5.74) is 0. The Balaban J connectivity index is 4.44. The minimum Gasteiger partial charge on any atom is -0.462 e. The van der Waals surface area contributed by atoms with E-state index in [4.69, 9.17) is 14.2 Å². The Hall–Kier alpha value is -3.15. The van der Waals surface area contributed by atoms with Crippen LogP contribution in [0.1, 0.15) is 316 Å². The molecule has 6 heteroatoms. The van der Waals surface area contributed by atoms with E-state index in [1.54, 1.807) is 0 Å². The highest BCUT2D eigenvalue weighted by molar-refractivity contribution is 5.71. The van der Waals surface area contributed by atoms with Crippen LogP contribution in [-0.2, 0) is 28.6 Å². The molecule has 0 heterocycles. The Bertz CT molecular complexity index is 1360. The number of rotatable bonds is 57. The summed E-state index contributed by atoms with van der Waals surface area (Å²) in [6.07, 6.45) is 79.2. The van der Waals surface area contributed by atoms with Gasteiger partial charge in [0.15, 0.2) is 6.10 Å². The van der Waals surface area contributed by atoms with Gasteiger partial charge in [-0.1, -0.05) is 312 Å². The smallest absolute Gasteiger partial charge is 0.306 e. The number of allylic oxidation sites excluding steroid dienone is 12. The lowest BCUT2D eigenvalue weighted by atomic mass is 10.0. The van der Waals surface area contributed by atoms with Crippen molar-refractivity contribution in [2.45, 2.75) is 322 Å². The zero-order chi connectivity index (χ0) is 52.9. The summed E-state index contributed by atoms with van der Waals surface area (Å²) in [6, 6.07) is 0. The fraction of sp³-hybridized carbons (Fsp3) is 0.776. The Kier molecular flexibility index (Phi) is 58.7. The molecule has 0 bridgehead atoms. The quantitative estimate of drug-likeness (QED) is 0.0261. The highest BCUT2D eigenvalue weighted by atomic mass is 16.6. The molecular formula is C67H118O6. The van der Waals surface area contributed by atoms with Gasteiger partial charge in [0, 0.05) is 19.3 Å². The van der Waals surface area contributed by atoms with E-state index >= 15 is 0 Å². The number of hydrogen-bond acceptors (Lipinski definition) is 6. The molecule has 0 aliphatic carbocycles. The lowest BCUT2D eigenvalue weighted by Crippen LogP contribution is -2.30. The number of hydrogen-bond donors (Lipinski definition) is 0. The molecule has 0 unspecified atom stereocenters. The SMILES string of the molecule is CC/C=C\C/C=C\C/C=C\C/C=C\C/C=C\C/C=C\CCC(=O)OC[C@@H](COC(=O)CCCCCCCCCCCCCCCCCCCC)OC(=O)CCCCCCCCCCCCCCCCCCCC. The third-order valence-corrected chi connectivity index (χ3v) is 13.7. The van der Waals surface area contributed by atoms with Gasteiger partial charge in [-0.15, -0.1) is 0 Å². The first kappa shape index (κ1) is 69.8. The molecule has 0 saturated carbocycles. The van der Waals surface area contributed by atoms with Gasteiger partial charge >= 0.3 is 17.9 Å². The first-order chi connectivity index (χ1) is 36.0. The van der Waals surface area contributed by atoms with Gasteiger partial charge in [0.2, 0.25) is 0 Å². The number of carbonyl (C=O) groups excluding carboxylic acids is 3. The van der Waals surface area contributed by atoms with Crippen LogP contribution in [0.15, 0.2) is 72.9 Å². The van der Waals surface area contributed by atoms with Crippen molar-refractivity contribution in [1.82, 2.24) is 0 Å². The zero-order valence-corrected chi connectivity index (χ0v) is 48.4. The van der Waals surface area contributed by atoms with Gasteiger partial charge in [0.1, 0.15) is 13.2 Å². The summed E-state index contributed by atoms with van der Waals surface area (Å²) in [7, 11) is 0. The molecule has 1 atom stereocenters. The van der Waals surface area contributed by atoms with Crippen LogP contribution in [-0.4, -0.2) is 37.2 Å². The van der Waals surface area contributed by atoms with Crippen LogP contribution in [0.2, 0.25) is 0 Å². The van der Waals surface area contributed by atoms with Crippen LogP contribution in [0.4, 0.5) is 0 Å². The molecule has 0 amide bonds. The molecule has 0 aromatic rings. The maximum Gasteiger partial charge on any atom is 0.306 e. The minimum atomic E-state index is -0.804. The Morgan fingerprint density at radius 1 is 0.288 bits per heavy atom. The first-order valence-electron chi connectivity index (χ1n) is 31.4. The summed E-state index contributed by atoms with van der Waals surface area (Å²) >= 11 is 0. The summed E-state index contributed by atoms with van der Waals surface area (Å²) in [5, 5.41) is 0. The Labute approximate surface area is 453 Å². The molecule has 0 radical (unpaired) electrons. The predicted molar refractivity (Wildman–Crippen MR) is 316 cm³/mol. The highest BCUT2D eigenvalue weighted by Gasteiger charge is 2.19. The summed E-state index contributed by atoms with van der Waals surface area (Å²) < 4.78 is 16.9. The third kappa shape index (κ3) is 59.6. The largest absolute Gasteiger partial charge is 0.462 e. The maximum absolute atomic E-state index is 12.9. The van der Waals surface area contributed by atoms with Crippen LogP contribution in [0.25, 0.3) is 0 Å². The van der Waals surface area contributed by atoms with Crippen molar-refractivity contribution in [2.24, 2.45) is 0 Å². The van der Waals surface area contributed by atoms with Crippen molar-refractivity contribution in [3.8, 4) is 0 Å². The molecule has 0 aliphatic heterocycles. The summed E-state index contributed by atoms with van der Waals surface area (Å²) in [5.74, 6) is -0.964. The number of ether oxygens (including phenoxy) is 3. The molecule has 422 valence electrons. The predicted octanol–water partition coefficient (Wildman–Crippen LogP) is 21.3. The van der Waals surface area contributed by atoms with Gasteiger partial charge in [0.05, 0.1) is 0 Å². The Morgan fingerprint density at radius 3 is 0.836 bits per heavy atom. The van der Waals surface area contributed by atoms with Crippen molar-refractivity contribution in [2.75, 3.05) is 13.2 Å². The van der Waals surface area contributed by atoms with E-state index in [9.17, 15) is 14.4 Å². The Morgan fingerprint density at radius 2 is 0.534 bits per heavy atom. The van der Waals surface area contributed by atoms with Crippen LogP contribution in [0.5, 0.6) is 0 Å². The monoisotopic (exact) mass is 1020 g/mol. The van der Waals surface area contributed by atoms with E-state index in [-0.39, 0.29) is 37.5 Å². The molecule has 0 fully saturated rings. The van der Waals surface area contributed by atoms with Gasteiger partial charge in [0.25, 0.3) is 0 Å². The van der Waals surface area contributed by atoms with E-state index in [2.05, 4.69) is 87.6 Å². The lowest BCUT2D eigenvalue weighted by molar-refractivity contribution is -0.166. The van der Waals surface area contributed by atoms with Crippen molar-refractivity contribution < 1.29 is 28.6 Å². The van der Waals surface area contributed by atoms with Crippen LogP contribution in [0, 0.1) is 0 Å². The fourth-order valence-electron chi connectivity index (χ4n) is 9.06. The second-order valence-electron chi connectivity index (χ2n) is 21.0. The van der Waals surface area contributed by atoms with Gasteiger partial charge < -0.3 is 14.2 Å². The standard InChI is InChI=1S/C67H118O6/c1-4-7-10-13-16-19-22-25-28-31-34-37-39-42-45-48-51-54-57-60-66(69)72-63-64(73-67(70)61-58-55-52-49-46-43-40-36-33-30-27-24-21-18-15-12-9-6-3)62-71-65(68)59-56-53-50-47-44-41-38-35-32-29-26-23-20-17-14-11-8-5-2/h7,10,16,19,25,28,34,37,42,45,51,54,64H,4-6,8-9,11-15,17-18,20-24,26-27,29-33,35-36,38-41,43-44,46-50,52-53,55-63H2,1-3H3/b10-7-,19-16-,28-25-,37-34-,45-42-,54-51-/t64-/m1/s1. The summed E-state index contributed by atoms with van der Waals surface area (Å²) in [6.45, 7) is 6.51. The van der Waals surface area contributed by atoms with E-state index in [1.165, 1.54) is 193 Å². The molecule has 73 heavy (non-hydrogen) atoms. The van der Waals surface area contributed by atoms with Gasteiger partial charge in [-0.25, -0.2) is 0 Å². The normalized spacial score (nSPS) is 12.5. The molecule has 0 aromatic heterocycles. The maximum atomic E-state index is 12.9. The average molecular weight is 1020 g/mol. The highest BCUT2D eigenvalue weighted by Crippen LogP contribution is 2.17. The van der Waals surface area contributed by atoms with Gasteiger partial charge in [-0.3, -0.25) is 14.4 Å². The average Bonchev–Trinajstić information content (AvgIpc) is 3.39. The minimum absolute atomic E-state index is 0.0941. The van der Waals surface area contributed by atoms with Gasteiger partial charge in [-0.2, -0.15) is 0 Å². The second-order valence-corrected chi connectivity index (χ2v) is 21.0. The third-order valence-electron chi connectivity index (χ3n) is 13.7. The molecule has 0 N–H and O–H groups in total. The molecule has 6 nitrogen and oxygen atoms in total. The molecule has 0 saturated heterocycles. The first-order valence-corrected chi connectivity index (χ1v) is 31.4. The molecular weight excluding hydrogens is 901 g/mol. The van der Waals surface area contributed by atoms with E-state index in [0.29, 0.717) is 19.3 Å². The van der Waals surface area contributed by atoms with E-state index in [0.717, 1.165) is 77.0 Å². The summed E-state index contributed by atoms with van der Waals surface area (Å²) in [4.78, 5) is 38.3. The van der Waals surface area contributed by atoms with E-state index in [1.807, 2.05) is 6.08 Å². The van der Waals surface area contributed by atoms with E-state index < -0.39 is 6.10 Å². The van der Waals surface area contributed by atoms with Crippen molar-refractivity contribution in [3.63, 3.8) is 0 Å².